The molecule has 0 amide bonds. The van der Waals surface area contributed by atoms with Crippen molar-refractivity contribution in [3.8, 4) is 0 Å². The molecule has 1 N–H and O–H groups in total. The van der Waals surface area contributed by atoms with E-state index in [-0.39, 0.29) is 0 Å². The molecule has 1 aromatic heterocycles. The number of aromatic nitrogens is 1. The highest BCUT2D eigenvalue weighted by Gasteiger charge is 2.13. The minimum absolute atomic E-state index is 0.651. The van der Waals surface area contributed by atoms with Gasteiger partial charge in [-0.05, 0) is 37.3 Å². The summed E-state index contributed by atoms with van der Waals surface area (Å²) in [6.45, 7) is 4.92. The third-order valence-electron chi connectivity index (χ3n) is 2.87. The number of hydrogen-bond acceptors (Lipinski definition) is 3. The van der Waals surface area contributed by atoms with Crippen LogP contribution in [-0.4, -0.2) is 24.7 Å². The molecule has 0 spiro atoms. The van der Waals surface area contributed by atoms with Gasteiger partial charge in [0.1, 0.15) is 0 Å². The largest absolute Gasteiger partial charge is 0.383 e. The molecule has 1 aliphatic rings. The minimum Gasteiger partial charge on any atom is -0.383 e. The van der Waals surface area contributed by atoms with Gasteiger partial charge in [0, 0.05) is 19.3 Å². The zero-order valence-corrected chi connectivity index (χ0v) is 9.20. The topological polar surface area (TPSA) is 34.2 Å². The molecule has 2 rings (SSSR count). The second-order valence-electron chi connectivity index (χ2n) is 4.15. The fraction of sp³-hybridized carbons (Fsp3) is 0.583. The van der Waals surface area contributed by atoms with Crippen LogP contribution in [0.25, 0.3) is 0 Å². The Hall–Kier alpha value is -1.09. The number of nitrogens with one attached hydrogen (secondary N) is 1. The van der Waals surface area contributed by atoms with Crippen molar-refractivity contribution in [2.75, 3.05) is 25.1 Å². The van der Waals surface area contributed by atoms with Gasteiger partial charge in [0.05, 0.1) is 18.5 Å². The summed E-state index contributed by atoms with van der Waals surface area (Å²) in [5, 5.41) is 3.44. The molecule has 1 aromatic rings. The van der Waals surface area contributed by atoms with Gasteiger partial charge in [-0.3, -0.25) is 4.98 Å². The Morgan fingerprint density at radius 1 is 1.60 bits per heavy atom. The zero-order valence-electron chi connectivity index (χ0n) is 9.20. The van der Waals surface area contributed by atoms with Crippen molar-refractivity contribution in [2.24, 2.45) is 5.92 Å². The van der Waals surface area contributed by atoms with E-state index in [2.05, 4.69) is 17.2 Å². The van der Waals surface area contributed by atoms with E-state index in [4.69, 9.17) is 4.74 Å². The maximum absolute atomic E-state index is 5.45. The summed E-state index contributed by atoms with van der Waals surface area (Å²) in [5.41, 5.74) is 2.39. The lowest BCUT2D eigenvalue weighted by Crippen LogP contribution is -2.24. The Balaban J connectivity index is 1.84. The number of ether oxygens (including phenoxy) is 1. The van der Waals surface area contributed by atoms with Gasteiger partial charge < -0.3 is 10.1 Å². The van der Waals surface area contributed by atoms with E-state index in [0.29, 0.717) is 5.92 Å². The lowest BCUT2D eigenvalue weighted by atomic mass is 10.0. The van der Waals surface area contributed by atoms with Crippen molar-refractivity contribution in [1.82, 2.24) is 4.98 Å². The standard InChI is InChI=1S/C12H18N2O/c1-10-4-5-13-8-12(10)14-7-11-3-2-6-15-9-11/h4-5,8,11,14H,2-3,6-7,9H2,1H3. The summed E-state index contributed by atoms with van der Waals surface area (Å²) in [4.78, 5) is 4.12. The van der Waals surface area contributed by atoms with Crippen LogP contribution >= 0.6 is 0 Å². The Labute approximate surface area is 90.9 Å². The molecule has 1 fully saturated rings. The van der Waals surface area contributed by atoms with Crippen molar-refractivity contribution in [3.05, 3.63) is 24.0 Å². The van der Waals surface area contributed by atoms with Gasteiger partial charge in [0.2, 0.25) is 0 Å². The Morgan fingerprint density at radius 2 is 2.53 bits per heavy atom. The molecule has 1 aliphatic heterocycles. The van der Waals surface area contributed by atoms with E-state index >= 15 is 0 Å². The molecule has 3 nitrogen and oxygen atoms in total. The highest BCUT2D eigenvalue weighted by Crippen LogP contribution is 2.16. The molecular formula is C12H18N2O. The SMILES string of the molecule is Cc1ccncc1NCC1CCCOC1. The zero-order chi connectivity index (χ0) is 10.5. The second-order valence-corrected chi connectivity index (χ2v) is 4.15. The molecule has 82 valence electrons. The highest BCUT2D eigenvalue weighted by molar-refractivity contribution is 5.47. The molecule has 0 aliphatic carbocycles. The van der Waals surface area contributed by atoms with E-state index in [0.717, 1.165) is 25.4 Å². The first kappa shape index (κ1) is 10.4. The van der Waals surface area contributed by atoms with E-state index in [1.165, 1.54) is 18.4 Å². The van der Waals surface area contributed by atoms with Crippen LogP contribution in [0.4, 0.5) is 5.69 Å². The van der Waals surface area contributed by atoms with Gasteiger partial charge in [-0.15, -0.1) is 0 Å². The molecule has 3 heteroatoms. The minimum atomic E-state index is 0.651. The van der Waals surface area contributed by atoms with Crippen LogP contribution in [0.2, 0.25) is 0 Å². The molecular weight excluding hydrogens is 188 g/mol. The van der Waals surface area contributed by atoms with Gasteiger partial charge in [-0.2, -0.15) is 0 Å². The predicted molar refractivity (Wildman–Crippen MR) is 61.0 cm³/mol. The maximum Gasteiger partial charge on any atom is 0.0556 e. The maximum atomic E-state index is 5.45. The molecule has 0 saturated carbocycles. The molecule has 1 unspecified atom stereocenters. The first-order valence-corrected chi connectivity index (χ1v) is 5.58. The summed E-state index contributed by atoms with van der Waals surface area (Å²) in [6, 6.07) is 2.03. The number of anilines is 1. The van der Waals surface area contributed by atoms with Crippen molar-refractivity contribution >= 4 is 5.69 Å². The molecule has 0 bridgehead atoms. The summed E-state index contributed by atoms with van der Waals surface area (Å²) >= 11 is 0. The number of aryl methyl sites for hydroxylation is 1. The summed E-state index contributed by atoms with van der Waals surface area (Å²) in [5.74, 6) is 0.651. The summed E-state index contributed by atoms with van der Waals surface area (Å²) in [7, 11) is 0. The van der Waals surface area contributed by atoms with Gasteiger partial charge in [-0.25, -0.2) is 0 Å². The summed E-state index contributed by atoms with van der Waals surface area (Å²) in [6.07, 6.45) is 6.17. The third-order valence-corrected chi connectivity index (χ3v) is 2.87. The Morgan fingerprint density at radius 3 is 3.27 bits per heavy atom. The van der Waals surface area contributed by atoms with E-state index < -0.39 is 0 Å². The van der Waals surface area contributed by atoms with Gasteiger partial charge >= 0.3 is 0 Å². The van der Waals surface area contributed by atoms with Gasteiger partial charge in [0.15, 0.2) is 0 Å². The van der Waals surface area contributed by atoms with Gasteiger partial charge in [0.25, 0.3) is 0 Å². The van der Waals surface area contributed by atoms with E-state index in [9.17, 15) is 0 Å². The lowest BCUT2D eigenvalue weighted by molar-refractivity contribution is 0.0595. The fourth-order valence-corrected chi connectivity index (χ4v) is 1.87. The molecule has 1 saturated heterocycles. The van der Waals surface area contributed by atoms with Crippen LogP contribution in [0.15, 0.2) is 18.5 Å². The monoisotopic (exact) mass is 206 g/mol. The van der Waals surface area contributed by atoms with E-state index in [1.807, 2.05) is 18.5 Å². The third kappa shape index (κ3) is 2.93. The summed E-state index contributed by atoms with van der Waals surface area (Å²) < 4.78 is 5.45. The number of hydrogen-bond donors (Lipinski definition) is 1. The molecule has 2 heterocycles. The first-order valence-electron chi connectivity index (χ1n) is 5.58. The Bertz CT molecular complexity index is 308. The predicted octanol–water partition coefficient (Wildman–Crippen LogP) is 2.23. The smallest absolute Gasteiger partial charge is 0.0556 e. The normalized spacial score (nSPS) is 21.3. The van der Waals surface area contributed by atoms with Crippen molar-refractivity contribution < 1.29 is 4.74 Å². The number of pyridine rings is 1. The molecule has 1 atom stereocenters. The average molecular weight is 206 g/mol. The van der Waals surface area contributed by atoms with Crippen LogP contribution in [-0.2, 0) is 4.74 Å². The highest BCUT2D eigenvalue weighted by atomic mass is 16.5. The second kappa shape index (κ2) is 5.12. The molecule has 0 radical (unpaired) electrons. The number of rotatable bonds is 3. The molecule has 15 heavy (non-hydrogen) atoms. The van der Waals surface area contributed by atoms with Gasteiger partial charge in [-0.1, -0.05) is 0 Å². The van der Waals surface area contributed by atoms with Crippen LogP contribution in [0, 0.1) is 12.8 Å². The average Bonchev–Trinajstić information content (AvgIpc) is 2.29. The van der Waals surface area contributed by atoms with Crippen molar-refractivity contribution in [2.45, 2.75) is 19.8 Å². The lowest BCUT2D eigenvalue weighted by Gasteiger charge is -2.22. The quantitative estimate of drug-likeness (QED) is 0.823. The van der Waals surface area contributed by atoms with Crippen LogP contribution in [0.3, 0.4) is 0 Å². The van der Waals surface area contributed by atoms with E-state index in [1.54, 1.807) is 0 Å². The van der Waals surface area contributed by atoms with Crippen LogP contribution < -0.4 is 5.32 Å². The number of nitrogens with zero attached hydrogens (tertiary/aromatic N) is 1. The first-order chi connectivity index (χ1) is 7.36. The Kier molecular flexibility index (Phi) is 3.56. The van der Waals surface area contributed by atoms with Crippen molar-refractivity contribution in [1.29, 1.82) is 0 Å². The fourth-order valence-electron chi connectivity index (χ4n) is 1.87. The van der Waals surface area contributed by atoms with Crippen LogP contribution in [0.1, 0.15) is 18.4 Å². The van der Waals surface area contributed by atoms with Crippen molar-refractivity contribution in [3.63, 3.8) is 0 Å². The van der Waals surface area contributed by atoms with Crippen LogP contribution in [0.5, 0.6) is 0 Å². The molecule has 0 aromatic carbocycles.